The predicted molar refractivity (Wildman–Crippen MR) is 225 cm³/mol. The normalized spacial score (nSPS) is 11.1. The van der Waals surface area contributed by atoms with E-state index in [1.807, 2.05) is 66.5 Å². The second-order valence-corrected chi connectivity index (χ2v) is 21.3. The number of phenols is 1. The maximum absolute atomic E-state index is 9.40. The fourth-order valence-corrected chi connectivity index (χ4v) is 7.28. The maximum Gasteiger partial charge on any atom is 0.189 e. The van der Waals surface area contributed by atoms with Crippen molar-refractivity contribution in [1.29, 1.82) is 10.5 Å². The number of benzene rings is 4. The minimum atomic E-state index is -1.07. The molecule has 4 aromatic carbocycles. The number of hydrogen-bond acceptors (Lipinski definition) is 7. The van der Waals surface area contributed by atoms with Gasteiger partial charge in [-0.25, -0.2) is 9.36 Å². The summed E-state index contributed by atoms with van der Waals surface area (Å²) in [6, 6.07) is 31.2. The van der Waals surface area contributed by atoms with Gasteiger partial charge in [-0.05, 0) is 106 Å². The number of nitriles is 2. The molecule has 6 aromatic rings. The highest BCUT2D eigenvalue weighted by Gasteiger charge is 2.17. The molecule has 0 saturated heterocycles. The molecule has 12 heteroatoms. The summed E-state index contributed by atoms with van der Waals surface area (Å²) >= 11 is 12.3. The molecule has 0 spiro atoms. The number of phenolic OH excluding ortho intramolecular Hbond substituents is 1. The molecule has 0 radical (unpaired) electrons. The molecule has 0 fully saturated rings. The zero-order valence-electron chi connectivity index (χ0n) is 32.8. The lowest BCUT2D eigenvalue weighted by molar-refractivity contribution is 0.0220. The summed E-state index contributed by atoms with van der Waals surface area (Å²) in [5.74, 6) is 1.06. The van der Waals surface area contributed by atoms with E-state index in [2.05, 4.69) is 55.9 Å². The van der Waals surface area contributed by atoms with E-state index in [4.69, 9.17) is 48.3 Å². The molecule has 0 atom stereocenters. The van der Waals surface area contributed by atoms with Crippen molar-refractivity contribution >= 4 is 31.3 Å². The molecular weight excluding hydrogens is 760 g/mol. The van der Waals surface area contributed by atoms with Crippen molar-refractivity contribution in [3.05, 3.63) is 151 Å². The molecule has 1 N–H and O–H groups in total. The lowest BCUT2D eigenvalue weighted by Gasteiger charge is -2.15. The zero-order chi connectivity index (χ0) is 40.6. The van der Waals surface area contributed by atoms with Crippen LogP contribution in [0.1, 0.15) is 56.2 Å². The minimum Gasteiger partial charge on any atom is -0.508 e. The summed E-state index contributed by atoms with van der Waals surface area (Å²) in [6.45, 7) is 16.1. The number of ether oxygens (including phenoxy) is 2. The van der Waals surface area contributed by atoms with Crippen molar-refractivity contribution in [3.8, 4) is 35.0 Å². The number of aromatic nitrogens is 4. The van der Waals surface area contributed by atoms with Crippen LogP contribution >= 0.6 is 23.2 Å². The Hall–Kier alpha value is -5.36. The van der Waals surface area contributed by atoms with Gasteiger partial charge in [-0.15, -0.1) is 0 Å². The van der Waals surface area contributed by atoms with Crippen LogP contribution in [0.25, 0.3) is 11.4 Å². The number of nitrogens with zero attached hydrogens (tertiary/aromatic N) is 6. The van der Waals surface area contributed by atoms with Gasteiger partial charge < -0.3 is 14.6 Å². The molecule has 2 aromatic heterocycles. The predicted octanol–water partition coefficient (Wildman–Crippen LogP) is 10.6. The third-order valence-electron chi connectivity index (χ3n) is 9.44. The number of hydrogen-bond donors (Lipinski definition) is 1. The lowest BCUT2D eigenvalue weighted by Crippen LogP contribution is -2.22. The summed E-state index contributed by atoms with van der Waals surface area (Å²) in [6.07, 6.45) is 1.51. The van der Waals surface area contributed by atoms with Gasteiger partial charge in [-0.1, -0.05) is 67.1 Å². The first kappa shape index (κ1) is 41.8. The maximum atomic E-state index is 9.40. The smallest absolute Gasteiger partial charge is 0.189 e. The summed E-state index contributed by atoms with van der Waals surface area (Å²) in [4.78, 5) is 0. The Labute approximate surface area is 340 Å². The number of aromatic hydroxyl groups is 1. The van der Waals surface area contributed by atoms with Crippen LogP contribution in [0.15, 0.2) is 84.9 Å². The lowest BCUT2D eigenvalue weighted by atomic mass is 10.0. The van der Waals surface area contributed by atoms with Gasteiger partial charge in [0.05, 0.1) is 43.9 Å². The van der Waals surface area contributed by atoms with Crippen molar-refractivity contribution in [2.45, 2.75) is 66.2 Å². The molecule has 6 rings (SSSR count). The minimum absolute atomic E-state index is 0.259. The molecule has 0 aliphatic carbocycles. The Morgan fingerprint density at radius 3 is 1.54 bits per heavy atom. The largest absolute Gasteiger partial charge is 0.508 e. The van der Waals surface area contributed by atoms with E-state index >= 15 is 0 Å². The molecule has 288 valence electrons. The molecule has 0 unspecified atom stereocenters. The van der Waals surface area contributed by atoms with Gasteiger partial charge in [0.1, 0.15) is 23.6 Å². The third-order valence-corrected chi connectivity index (χ3v) is 11.8. The van der Waals surface area contributed by atoms with E-state index in [0.29, 0.717) is 21.2 Å². The summed E-state index contributed by atoms with van der Waals surface area (Å²) < 4.78 is 15.0. The number of aryl methyl sites for hydroxylation is 2. The third kappa shape index (κ3) is 10.7. The van der Waals surface area contributed by atoms with E-state index in [1.54, 1.807) is 36.4 Å². The van der Waals surface area contributed by atoms with Gasteiger partial charge in [0, 0.05) is 50.0 Å². The summed E-state index contributed by atoms with van der Waals surface area (Å²) in [7, 11) is -1.07. The number of rotatable bonds is 12. The second kappa shape index (κ2) is 18.5. The number of halogens is 2. The molecule has 0 aliphatic rings. The highest BCUT2D eigenvalue weighted by molar-refractivity contribution is 6.76. The van der Waals surface area contributed by atoms with Crippen LogP contribution in [0.2, 0.25) is 35.7 Å². The molecule has 9 nitrogen and oxygen atoms in total. The van der Waals surface area contributed by atoms with Gasteiger partial charge in [0.25, 0.3) is 0 Å². The molecular formula is C44H46Cl2N6O3Si. The molecule has 0 amide bonds. The molecule has 0 saturated carbocycles. The van der Waals surface area contributed by atoms with Crippen LogP contribution in [0.3, 0.4) is 0 Å². The first-order chi connectivity index (χ1) is 26.7. The van der Waals surface area contributed by atoms with Crippen LogP contribution in [0.4, 0.5) is 0 Å². The van der Waals surface area contributed by atoms with Gasteiger partial charge >= 0.3 is 0 Å². The van der Waals surface area contributed by atoms with Gasteiger partial charge in [-0.3, -0.25) is 0 Å². The fraction of sp³-hybridized carbons (Fsp3) is 0.273. The van der Waals surface area contributed by atoms with E-state index in [9.17, 15) is 5.11 Å². The van der Waals surface area contributed by atoms with E-state index in [-0.39, 0.29) is 12.5 Å². The quantitative estimate of drug-likeness (QED) is 0.0742. The van der Waals surface area contributed by atoms with Crippen molar-refractivity contribution in [3.63, 3.8) is 0 Å². The van der Waals surface area contributed by atoms with Crippen LogP contribution in [-0.2, 0) is 17.6 Å². The Morgan fingerprint density at radius 2 is 1.12 bits per heavy atom. The average Bonchev–Trinajstić information content (AvgIpc) is 3.61. The molecule has 56 heavy (non-hydrogen) atoms. The Bertz CT molecular complexity index is 2380. The Kier molecular flexibility index (Phi) is 13.8. The van der Waals surface area contributed by atoms with Crippen molar-refractivity contribution in [2.75, 3.05) is 13.4 Å². The first-order valence-electron chi connectivity index (χ1n) is 18.2. The SMILES string of the molecule is Cc1nn(-c2ccc(C#N)c(Cl)c2)c(C)c1Cc1ccc(O)cc1.Cc1nn(-c2ccc(C#N)c(Cl)c2)c(C)c1Cc1ccc(OCOCC[Si](C)(C)C)cc1. The molecule has 2 heterocycles. The van der Waals surface area contributed by atoms with Crippen molar-refractivity contribution in [2.24, 2.45) is 0 Å². The van der Waals surface area contributed by atoms with Gasteiger partial charge in [0.15, 0.2) is 6.79 Å². The monoisotopic (exact) mass is 804 g/mol. The average molecular weight is 806 g/mol. The Balaban J connectivity index is 0.000000223. The van der Waals surface area contributed by atoms with Crippen LogP contribution in [0, 0.1) is 50.4 Å². The van der Waals surface area contributed by atoms with Crippen LogP contribution in [0.5, 0.6) is 11.5 Å². The fourth-order valence-electron chi connectivity index (χ4n) is 6.09. The van der Waals surface area contributed by atoms with E-state index < -0.39 is 8.07 Å². The van der Waals surface area contributed by atoms with Gasteiger partial charge in [0.2, 0.25) is 0 Å². The summed E-state index contributed by atoms with van der Waals surface area (Å²) in [5.41, 5.74) is 11.2. The van der Waals surface area contributed by atoms with E-state index in [0.717, 1.165) is 76.5 Å². The zero-order valence-corrected chi connectivity index (χ0v) is 35.3. The topological polar surface area (TPSA) is 122 Å². The van der Waals surface area contributed by atoms with E-state index in [1.165, 1.54) is 11.1 Å². The standard InChI is InChI=1S/C25H30ClN3O2Si.C19H16ClN3O/c1-18-24(19(2)29(28-18)22-9-8-21(16-27)25(26)15-22)14-20-6-10-23(11-7-20)31-17-30-12-13-32(3,4)5;1-12-18(9-14-3-7-17(24)8-4-14)13(2)23(22-12)16-6-5-15(11-21)19(20)10-16/h6-11,15H,12-14,17H2,1-5H3;3-8,10,24H,9H2,1-2H3. The first-order valence-corrected chi connectivity index (χ1v) is 22.7. The van der Waals surface area contributed by atoms with Gasteiger partial charge in [-0.2, -0.15) is 20.7 Å². The molecule has 0 bridgehead atoms. The van der Waals surface area contributed by atoms with Crippen LogP contribution < -0.4 is 4.74 Å². The Morgan fingerprint density at radius 1 is 0.679 bits per heavy atom. The van der Waals surface area contributed by atoms with Crippen molar-refractivity contribution in [1.82, 2.24) is 19.6 Å². The van der Waals surface area contributed by atoms with Crippen LogP contribution in [-0.4, -0.2) is 46.1 Å². The summed E-state index contributed by atoms with van der Waals surface area (Å²) in [5, 5.41) is 37.7. The molecule has 0 aliphatic heterocycles. The second-order valence-electron chi connectivity index (χ2n) is 14.8. The van der Waals surface area contributed by atoms with Crippen molar-refractivity contribution < 1.29 is 14.6 Å². The highest BCUT2D eigenvalue weighted by Crippen LogP contribution is 2.27. The highest BCUT2D eigenvalue weighted by atomic mass is 35.5.